The highest BCUT2D eigenvalue weighted by molar-refractivity contribution is 5.89. The lowest BCUT2D eigenvalue weighted by Gasteiger charge is -2.08. The van der Waals surface area contributed by atoms with Crippen molar-refractivity contribution >= 4 is 12.0 Å². The number of nitrogens with one attached hydrogen (secondary N) is 2. The van der Waals surface area contributed by atoms with Crippen LogP contribution in [0, 0.1) is 0 Å². The Bertz CT molecular complexity index is 615. The normalized spacial score (nSPS) is 9.91. The van der Waals surface area contributed by atoms with Crippen molar-refractivity contribution in [3.05, 3.63) is 71.8 Å². The predicted molar refractivity (Wildman–Crippen MR) is 88.0 cm³/mol. The summed E-state index contributed by atoms with van der Waals surface area (Å²) in [4.78, 5) is 23.3. The van der Waals surface area contributed by atoms with Gasteiger partial charge in [-0.05, 0) is 24.1 Å². The molecule has 0 unspecified atom stereocenters. The van der Waals surface area contributed by atoms with Gasteiger partial charge in [-0.25, -0.2) is 9.59 Å². The highest BCUT2D eigenvalue weighted by Gasteiger charge is 2.05. The van der Waals surface area contributed by atoms with Gasteiger partial charge in [0.05, 0.1) is 12.2 Å². The Morgan fingerprint density at radius 2 is 1.52 bits per heavy atom. The molecule has 5 nitrogen and oxygen atoms in total. The molecule has 0 bridgehead atoms. The molecule has 23 heavy (non-hydrogen) atoms. The molecule has 2 rings (SSSR count). The second kappa shape index (κ2) is 9.25. The zero-order valence-corrected chi connectivity index (χ0v) is 12.8. The van der Waals surface area contributed by atoms with Gasteiger partial charge in [0.15, 0.2) is 0 Å². The third-order valence-electron chi connectivity index (χ3n) is 3.15. The van der Waals surface area contributed by atoms with Crippen LogP contribution in [0.25, 0.3) is 0 Å². The molecular formula is C18H20N2O3. The predicted octanol–water partition coefficient (Wildman–Crippen LogP) is 2.73. The molecule has 5 heteroatoms. The SMILES string of the molecule is O=C(NCCCOC(=O)c1ccccc1)NCc1ccccc1. The maximum atomic E-state index is 11.7. The first kappa shape index (κ1) is 16.5. The summed E-state index contributed by atoms with van der Waals surface area (Å²) < 4.78 is 5.13. The number of rotatable bonds is 7. The van der Waals surface area contributed by atoms with Crippen molar-refractivity contribution in [2.75, 3.05) is 13.2 Å². The van der Waals surface area contributed by atoms with Gasteiger partial charge in [0.25, 0.3) is 0 Å². The number of urea groups is 1. The van der Waals surface area contributed by atoms with Crippen LogP contribution in [0.2, 0.25) is 0 Å². The van der Waals surface area contributed by atoms with Crippen molar-refractivity contribution in [3.8, 4) is 0 Å². The van der Waals surface area contributed by atoms with Crippen molar-refractivity contribution in [1.82, 2.24) is 10.6 Å². The summed E-state index contributed by atoms with van der Waals surface area (Å²) in [5.41, 5.74) is 1.57. The lowest BCUT2D eigenvalue weighted by Crippen LogP contribution is -2.35. The van der Waals surface area contributed by atoms with E-state index in [0.717, 1.165) is 5.56 Å². The van der Waals surface area contributed by atoms with E-state index in [4.69, 9.17) is 4.74 Å². The number of carbonyl (C=O) groups excluding carboxylic acids is 2. The van der Waals surface area contributed by atoms with Crippen LogP contribution < -0.4 is 10.6 Å². The Balaban J connectivity index is 1.55. The fourth-order valence-corrected chi connectivity index (χ4v) is 1.94. The van der Waals surface area contributed by atoms with Crippen molar-refractivity contribution in [3.63, 3.8) is 0 Å². The van der Waals surface area contributed by atoms with Crippen molar-refractivity contribution < 1.29 is 14.3 Å². The Hall–Kier alpha value is -2.82. The quantitative estimate of drug-likeness (QED) is 0.610. The molecule has 0 heterocycles. The van der Waals surface area contributed by atoms with E-state index in [0.29, 0.717) is 25.1 Å². The van der Waals surface area contributed by atoms with Gasteiger partial charge in [-0.3, -0.25) is 0 Å². The molecule has 0 atom stereocenters. The minimum absolute atomic E-state index is 0.233. The molecule has 0 aromatic heterocycles. The van der Waals surface area contributed by atoms with Gasteiger partial charge in [-0.2, -0.15) is 0 Å². The second-order valence-electron chi connectivity index (χ2n) is 4.95. The van der Waals surface area contributed by atoms with Crippen LogP contribution in [0.1, 0.15) is 22.3 Å². The fourth-order valence-electron chi connectivity index (χ4n) is 1.94. The summed E-state index contributed by atoms with van der Waals surface area (Å²) in [6.07, 6.45) is 0.567. The summed E-state index contributed by atoms with van der Waals surface area (Å²) in [5.74, 6) is -0.348. The molecule has 0 radical (unpaired) electrons. The lowest BCUT2D eigenvalue weighted by atomic mass is 10.2. The van der Waals surface area contributed by atoms with Crippen LogP contribution in [-0.2, 0) is 11.3 Å². The van der Waals surface area contributed by atoms with Crippen LogP contribution >= 0.6 is 0 Å². The van der Waals surface area contributed by atoms with Gasteiger partial charge >= 0.3 is 12.0 Å². The first-order valence-corrected chi connectivity index (χ1v) is 7.53. The molecule has 2 amide bonds. The van der Waals surface area contributed by atoms with Crippen LogP contribution in [0.15, 0.2) is 60.7 Å². The molecule has 0 fully saturated rings. The first-order chi connectivity index (χ1) is 11.3. The molecule has 0 spiro atoms. The van der Waals surface area contributed by atoms with E-state index in [9.17, 15) is 9.59 Å². The van der Waals surface area contributed by atoms with E-state index < -0.39 is 0 Å². The van der Waals surface area contributed by atoms with Gasteiger partial charge in [0, 0.05) is 13.1 Å². The van der Waals surface area contributed by atoms with E-state index in [1.807, 2.05) is 36.4 Å². The lowest BCUT2D eigenvalue weighted by molar-refractivity contribution is 0.0501. The zero-order chi connectivity index (χ0) is 16.3. The molecular weight excluding hydrogens is 292 g/mol. The summed E-state index contributed by atoms with van der Waals surface area (Å²) in [6, 6.07) is 18.3. The topological polar surface area (TPSA) is 67.4 Å². The largest absolute Gasteiger partial charge is 0.462 e. The maximum Gasteiger partial charge on any atom is 0.338 e. The highest BCUT2D eigenvalue weighted by Crippen LogP contribution is 2.01. The van der Waals surface area contributed by atoms with Gasteiger partial charge < -0.3 is 15.4 Å². The summed E-state index contributed by atoms with van der Waals surface area (Å²) in [6.45, 7) is 1.20. The van der Waals surface area contributed by atoms with E-state index in [2.05, 4.69) is 10.6 Å². The molecule has 0 aliphatic carbocycles. The number of benzene rings is 2. The molecule has 0 aliphatic heterocycles. The highest BCUT2D eigenvalue weighted by atomic mass is 16.5. The molecule has 0 saturated heterocycles. The van der Waals surface area contributed by atoms with Crippen LogP contribution in [0.4, 0.5) is 4.79 Å². The average molecular weight is 312 g/mol. The van der Waals surface area contributed by atoms with Gasteiger partial charge in [0.2, 0.25) is 0 Å². The summed E-state index contributed by atoms with van der Waals surface area (Å²) >= 11 is 0. The number of carbonyl (C=O) groups is 2. The molecule has 2 aromatic rings. The standard InChI is InChI=1S/C18H20N2O3/c21-17(16-10-5-2-6-11-16)23-13-7-12-19-18(22)20-14-15-8-3-1-4-9-15/h1-6,8-11H,7,12-14H2,(H2,19,20,22). The van der Waals surface area contributed by atoms with Crippen molar-refractivity contribution in [2.45, 2.75) is 13.0 Å². The Labute approximate surface area is 135 Å². The second-order valence-corrected chi connectivity index (χ2v) is 4.95. The molecule has 2 N–H and O–H groups in total. The Morgan fingerprint density at radius 1 is 0.870 bits per heavy atom. The monoisotopic (exact) mass is 312 g/mol. The minimum Gasteiger partial charge on any atom is -0.462 e. The Kier molecular flexibility index (Phi) is 6.65. The smallest absolute Gasteiger partial charge is 0.338 e. The molecule has 2 aromatic carbocycles. The van der Waals surface area contributed by atoms with Gasteiger partial charge in [-0.15, -0.1) is 0 Å². The number of ether oxygens (including phenoxy) is 1. The van der Waals surface area contributed by atoms with Gasteiger partial charge in [0.1, 0.15) is 0 Å². The average Bonchev–Trinajstić information content (AvgIpc) is 2.61. The third-order valence-corrected chi connectivity index (χ3v) is 3.15. The van der Waals surface area contributed by atoms with Crippen LogP contribution in [-0.4, -0.2) is 25.2 Å². The maximum absolute atomic E-state index is 11.7. The number of esters is 1. The molecule has 120 valence electrons. The number of hydrogen-bond acceptors (Lipinski definition) is 3. The van der Waals surface area contributed by atoms with Crippen LogP contribution in [0.3, 0.4) is 0 Å². The zero-order valence-electron chi connectivity index (χ0n) is 12.8. The number of amides is 2. The molecule has 0 aliphatic rings. The van der Waals surface area contributed by atoms with E-state index in [1.165, 1.54) is 0 Å². The fraction of sp³-hybridized carbons (Fsp3) is 0.222. The van der Waals surface area contributed by atoms with Crippen LogP contribution in [0.5, 0.6) is 0 Å². The summed E-state index contributed by atoms with van der Waals surface area (Å²) in [7, 11) is 0. The number of hydrogen-bond donors (Lipinski definition) is 2. The van der Waals surface area contributed by atoms with Gasteiger partial charge in [-0.1, -0.05) is 48.5 Å². The minimum atomic E-state index is -0.348. The third kappa shape index (κ3) is 6.22. The summed E-state index contributed by atoms with van der Waals surface area (Å²) in [5, 5.41) is 5.49. The molecule has 0 saturated carbocycles. The van der Waals surface area contributed by atoms with Crippen molar-refractivity contribution in [1.29, 1.82) is 0 Å². The first-order valence-electron chi connectivity index (χ1n) is 7.53. The van der Waals surface area contributed by atoms with E-state index in [-0.39, 0.29) is 18.6 Å². The van der Waals surface area contributed by atoms with E-state index >= 15 is 0 Å². The van der Waals surface area contributed by atoms with Crippen molar-refractivity contribution in [2.24, 2.45) is 0 Å². The Morgan fingerprint density at radius 3 is 2.22 bits per heavy atom. The van der Waals surface area contributed by atoms with E-state index in [1.54, 1.807) is 24.3 Å².